The molecule has 0 atom stereocenters. The van der Waals surface area contributed by atoms with Crippen molar-refractivity contribution in [3.63, 3.8) is 0 Å². The van der Waals surface area contributed by atoms with E-state index >= 15 is 0 Å². The van der Waals surface area contributed by atoms with Crippen LogP contribution in [0.25, 0.3) is 0 Å². The van der Waals surface area contributed by atoms with Gasteiger partial charge in [0.25, 0.3) is 0 Å². The molecular formula is C20H25F3O2. The van der Waals surface area contributed by atoms with E-state index in [1.54, 1.807) is 0 Å². The minimum Gasteiger partial charge on any atom is -0.462 e. The van der Waals surface area contributed by atoms with Crippen LogP contribution >= 0.6 is 0 Å². The van der Waals surface area contributed by atoms with Crippen molar-refractivity contribution in [3.05, 3.63) is 35.4 Å². The summed E-state index contributed by atoms with van der Waals surface area (Å²) >= 11 is 0. The van der Waals surface area contributed by atoms with Crippen LogP contribution in [0.3, 0.4) is 0 Å². The van der Waals surface area contributed by atoms with E-state index in [-0.39, 0.29) is 12.2 Å². The Hall–Kier alpha value is -1.96. The molecule has 0 aliphatic carbocycles. The number of alkyl halides is 3. The van der Waals surface area contributed by atoms with Crippen LogP contribution in [-0.2, 0) is 10.9 Å². The lowest BCUT2D eigenvalue weighted by atomic mass is 10.1. The molecule has 0 aliphatic rings. The predicted molar refractivity (Wildman–Crippen MR) is 92.1 cm³/mol. The summed E-state index contributed by atoms with van der Waals surface area (Å²) in [5.74, 6) is 5.44. The van der Waals surface area contributed by atoms with Crippen LogP contribution in [0.4, 0.5) is 13.2 Å². The molecule has 2 nitrogen and oxygen atoms in total. The number of halogens is 3. The summed E-state index contributed by atoms with van der Waals surface area (Å²) in [4.78, 5) is 11.8. The molecule has 0 amide bonds. The third-order valence-electron chi connectivity index (χ3n) is 3.66. The van der Waals surface area contributed by atoms with E-state index in [1.165, 1.54) is 12.1 Å². The molecule has 0 fully saturated rings. The van der Waals surface area contributed by atoms with Crippen molar-refractivity contribution in [2.45, 2.75) is 64.5 Å². The number of unbranched alkanes of at least 4 members (excludes halogenated alkanes) is 6. The molecule has 1 aromatic carbocycles. The van der Waals surface area contributed by atoms with Crippen LogP contribution in [0.15, 0.2) is 24.3 Å². The van der Waals surface area contributed by atoms with Crippen molar-refractivity contribution < 1.29 is 22.7 Å². The van der Waals surface area contributed by atoms with Crippen LogP contribution in [0, 0.1) is 11.8 Å². The number of benzene rings is 1. The van der Waals surface area contributed by atoms with Gasteiger partial charge in [-0.15, -0.1) is 11.8 Å². The second-order valence-corrected chi connectivity index (χ2v) is 5.79. The quantitative estimate of drug-likeness (QED) is 0.308. The fourth-order valence-corrected chi connectivity index (χ4v) is 2.31. The molecule has 1 rings (SSSR count). The van der Waals surface area contributed by atoms with Gasteiger partial charge in [-0.25, -0.2) is 4.79 Å². The molecule has 0 radical (unpaired) electrons. The van der Waals surface area contributed by atoms with Gasteiger partial charge in [0.05, 0.1) is 17.7 Å². The first-order chi connectivity index (χ1) is 11.9. The highest BCUT2D eigenvalue weighted by atomic mass is 19.4. The molecule has 25 heavy (non-hydrogen) atoms. The summed E-state index contributed by atoms with van der Waals surface area (Å²) in [7, 11) is 0. The van der Waals surface area contributed by atoms with Crippen molar-refractivity contribution in [2.75, 3.05) is 6.61 Å². The molecule has 0 aromatic heterocycles. The summed E-state index contributed by atoms with van der Waals surface area (Å²) < 4.78 is 42.9. The highest BCUT2D eigenvalue weighted by molar-refractivity contribution is 5.89. The molecule has 1 aromatic rings. The van der Waals surface area contributed by atoms with Gasteiger partial charge in [-0.2, -0.15) is 13.2 Å². The van der Waals surface area contributed by atoms with E-state index in [1.807, 2.05) is 6.92 Å². The highest BCUT2D eigenvalue weighted by Gasteiger charge is 2.31. The fourth-order valence-electron chi connectivity index (χ4n) is 2.31. The van der Waals surface area contributed by atoms with Crippen LogP contribution in [0.5, 0.6) is 0 Å². The van der Waals surface area contributed by atoms with Crippen LogP contribution in [-0.4, -0.2) is 12.6 Å². The van der Waals surface area contributed by atoms with E-state index < -0.39 is 17.7 Å². The van der Waals surface area contributed by atoms with Gasteiger partial charge < -0.3 is 4.74 Å². The zero-order valence-corrected chi connectivity index (χ0v) is 14.6. The summed E-state index contributed by atoms with van der Waals surface area (Å²) in [6, 6.07) is 4.30. The van der Waals surface area contributed by atoms with Gasteiger partial charge in [-0.1, -0.05) is 38.7 Å². The normalized spacial score (nSPS) is 10.9. The minimum atomic E-state index is -4.46. The maximum atomic E-state index is 12.6. The van der Waals surface area contributed by atoms with Gasteiger partial charge in [0.2, 0.25) is 0 Å². The Balaban J connectivity index is 2.15. The van der Waals surface area contributed by atoms with Crippen LogP contribution in [0.2, 0.25) is 0 Å². The van der Waals surface area contributed by atoms with Gasteiger partial charge in [-0.3, -0.25) is 0 Å². The summed E-state index contributed by atoms with van der Waals surface area (Å²) in [5, 5.41) is 0. The van der Waals surface area contributed by atoms with Crippen molar-refractivity contribution in [3.8, 4) is 11.8 Å². The zero-order valence-electron chi connectivity index (χ0n) is 14.6. The van der Waals surface area contributed by atoms with Gasteiger partial charge in [0.15, 0.2) is 0 Å². The Morgan fingerprint density at radius 1 is 1.04 bits per heavy atom. The third kappa shape index (κ3) is 9.19. The van der Waals surface area contributed by atoms with E-state index in [2.05, 4.69) is 11.8 Å². The zero-order chi connectivity index (χ0) is 18.5. The number of ether oxygens (including phenoxy) is 1. The number of hydrogen-bond donors (Lipinski definition) is 0. The van der Waals surface area contributed by atoms with E-state index in [0.717, 1.165) is 63.5 Å². The van der Waals surface area contributed by atoms with Gasteiger partial charge in [-0.05, 0) is 31.0 Å². The van der Waals surface area contributed by atoms with Gasteiger partial charge >= 0.3 is 12.1 Å². The third-order valence-corrected chi connectivity index (χ3v) is 3.66. The molecule has 5 heteroatoms. The largest absolute Gasteiger partial charge is 0.462 e. The Morgan fingerprint density at radius 3 is 2.40 bits per heavy atom. The van der Waals surface area contributed by atoms with Gasteiger partial charge in [0, 0.05) is 12.8 Å². The van der Waals surface area contributed by atoms with Crippen molar-refractivity contribution in [2.24, 2.45) is 0 Å². The molecule has 0 unspecified atom stereocenters. The molecule has 0 heterocycles. The second kappa shape index (κ2) is 11.6. The average molecular weight is 354 g/mol. The van der Waals surface area contributed by atoms with E-state index in [9.17, 15) is 18.0 Å². The Morgan fingerprint density at radius 2 is 1.72 bits per heavy atom. The van der Waals surface area contributed by atoms with E-state index in [4.69, 9.17) is 4.74 Å². The Kier molecular flexibility index (Phi) is 9.76. The predicted octanol–water partition coefficient (Wildman–Crippen LogP) is 6.01. The number of hydrogen-bond acceptors (Lipinski definition) is 2. The van der Waals surface area contributed by atoms with Gasteiger partial charge in [0.1, 0.15) is 0 Å². The first-order valence-corrected chi connectivity index (χ1v) is 8.75. The summed E-state index contributed by atoms with van der Waals surface area (Å²) in [6.45, 7) is 2.27. The molecule has 138 valence electrons. The lowest BCUT2D eigenvalue weighted by Gasteiger charge is -2.09. The fraction of sp³-hybridized carbons (Fsp3) is 0.550. The lowest BCUT2D eigenvalue weighted by molar-refractivity contribution is -0.137. The smallest absolute Gasteiger partial charge is 0.416 e. The molecule has 0 bridgehead atoms. The minimum absolute atomic E-state index is 0.0667. The Labute approximate surface area is 147 Å². The van der Waals surface area contributed by atoms with Crippen molar-refractivity contribution in [1.82, 2.24) is 0 Å². The van der Waals surface area contributed by atoms with Crippen molar-refractivity contribution in [1.29, 1.82) is 0 Å². The van der Waals surface area contributed by atoms with Crippen LogP contribution in [0.1, 0.15) is 74.2 Å². The topological polar surface area (TPSA) is 26.3 Å². The lowest BCUT2D eigenvalue weighted by Crippen LogP contribution is -2.10. The first-order valence-electron chi connectivity index (χ1n) is 8.75. The second-order valence-electron chi connectivity index (χ2n) is 5.79. The molecule has 0 saturated heterocycles. The molecular weight excluding hydrogens is 329 g/mol. The van der Waals surface area contributed by atoms with E-state index in [0.29, 0.717) is 0 Å². The molecule has 0 saturated carbocycles. The monoisotopic (exact) mass is 354 g/mol. The standard InChI is InChI=1S/C20H25F3O2/c1-2-3-4-5-6-7-8-9-10-11-15-25-19(24)17-13-12-14-18(16-17)20(21,22)23/h12-14,16H,2,5-11,15H2,1H3. The van der Waals surface area contributed by atoms with Crippen LogP contribution < -0.4 is 0 Å². The SMILES string of the molecule is CCC#CCCCCCCCCOC(=O)c1cccc(C(F)(F)F)c1. The molecule has 0 N–H and O–H groups in total. The molecule has 0 spiro atoms. The number of carbonyl (C=O) groups excluding carboxylic acids is 1. The van der Waals surface area contributed by atoms with Crippen molar-refractivity contribution >= 4 is 5.97 Å². The maximum absolute atomic E-state index is 12.6. The highest BCUT2D eigenvalue weighted by Crippen LogP contribution is 2.29. The number of esters is 1. The average Bonchev–Trinajstić information content (AvgIpc) is 2.59. The summed E-state index contributed by atoms with van der Waals surface area (Å²) in [5.41, 5.74) is -0.909. The number of carbonyl (C=O) groups is 1. The summed E-state index contributed by atoms with van der Waals surface area (Å²) in [6.07, 6.45) is 3.48. The molecule has 0 aliphatic heterocycles. The number of rotatable bonds is 9. The maximum Gasteiger partial charge on any atom is 0.416 e. The first kappa shape index (κ1) is 21.1. The Bertz CT molecular complexity index is 583.